The first kappa shape index (κ1) is 13.9. The van der Waals surface area contributed by atoms with Gasteiger partial charge in [-0.3, -0.25) is 14.2 Å². The number of hydrogen-bond acceptors (Lipinski definition) is 3. The lowest BCUT2D eigenvalue weighted by atomic mass is 10.1. The van der Waals surface area contributed by atoms with E-state index in [9.17, 15) is 4.79 Å². The number of rotatable bonds is 3. The van der Waals surface area contributed by atoms with E-state index in [4.69, 9.17) is 0 Å². The van der Waals surface area contributed by atoms with Gasteiger partial charge in [-0.05, 0) is 32.8 Å². The zero-order chi connectivity index (χ0) is 15.0. The van der Waals surface area contributed by atoms with E-state index < -0.39 is 0 Å². The van der Waals surface area contributed by atoms with Crippen molar-refractivity contribution in [2.75, 3.05) is 6.54 Å². The third-order valence-electron chi connectivity index (χ3n) is 4.07. The van der Waals surface area contributed by atoms with Gasteiger partial charge >= 0.3 is 0 Å². The smallest absolute Gasteiger partial charge is 0.244 e. The Bertz CT molecular complexity index is 657. The summed E-state index contributed by atoms with van der Waals surface area (Å²) >= 11 is 0. The number of carbonyl (C=O) groups is 1. The molecule has 0 spiro atoms. The van der Waals surface area contributed by atoms with Gasteiger partial charge < -0.3 is 4.90 Å². The summed E-state index contributed by atoms with van der Waals surface area (Å²) in [7, 11) is 1.90. The number of nitrogens with zero attached hydrogens (tertiary/aromatic N) is 5. The number of carbonyl (C=O) groups excluding carboxylic acids is 1. The van der Waals surface area contributed by atoms with Gasteiger partial charge in [0.25, 0.3) is 0 Å². The van der Waals surface area contributed by atoms with Gasteiger partial charge in [0.2, 0.25) is 5.91 Å². The van der Waals surface area contributed by atoms with Gasteiger partial charge in [-0.2, -0.15) is 10.2 Å². The summed E-state index contributed by atoms with van der Waals surface area (Å²) in [5.41, 5.74) is 3.10. The van der Waals surface area contributed by atoms with Crippen molar-refractivity contribution in [2.45, 2.75) is 39.3 Å². The van der Waals surface area contributed by atoms with Crippen molar-refractivity contribution in [2.24, 2.45) is 7.05 Å². The maximum atomic E-state index is 12.6. The predicted octanol–water partition coefficient (Wildman–Crippen LogP) is 1.60. The minimum Gasteiger partial charge on any atom is -0.334 e. The van der Waals surface area contributed by atoms with Crippen LogP contribution in [0.25, 0.3) is 0 Å². The van der Waals surface area contributed by atoms with E-state index in [1.807, 2.05) is 44.3 Å². The van der Waals surface area contributed by atoms with Crippen LogP contribution in [0, 0.1) is 13.8 Å². The first-order valence-corrected chi connectivity index (χ1v) is 7.33. The van der Waals surface area contributed by atoms with E-state index in [1.165, 1.54) is 0 Å². The molecular formula is C15H21N5O. The average molecular weight is 287 g/mol. The number of likely N-dealkylation sites (tertiary alicyclic amines) is 1. The normalized spacial score (nSPS) is 18.4. The number of hydrogen-bond donors (Lipinski definition) is 0. The molecule has 2 aromatic heterocycles. The molecule has 0 bridgehead atoms. The molecule has 3 rings (SSSR count). The van der Waals surface area contributed by atoms with Crippen LogP contribution in [0.5, 0.6) is 0 Å². The standard InChI is InChI=1S/C15H21N5O/c1-11-7-12(2)20(17-11)10-15(21)19-6-4-5-14(19)13-8-16-18(3)9-13/h7-9,14H,4-6,10H2,1-3H3/t14-/m1/s1. The van der Waals surface area contributed by atoms with E-state index >= 15 is 0 Å². The summed E-state index contributed by atoms with van der Waals surface area (Å²) in [6.07, 6.45) is 5.91. The van der Waals surface area contributed by atoms with Gasteiger partial charge in [0.15, 0.2) is 0 Å². The van der Waals surface area contributed by atoms with Crippen molar-refractivity contribution in [3.8, 4) is 0 Å². The number of aromatic nitrogens is 4. The van der Waals surface area contributed by atoms with Crippen LogP contribution >= 0.6 is 0 Å². The van der Waals surface area contributed by atoms with E-state index in [1.54, 1.807) is 9.36 Å². The van der Waals surface area contributed by atoms with Crippen LogP contribution in [0.3, 0.4) is 0 Å². The van der Waals surface area contributed by atoms with Gasteiger partial charge in [-0.1, -0.05) is 0 Å². The summed E-state index contributed by atoms with van der Waals surface area (Å²) in [4.78, 5) is 14.6. The molecule has 0 N–H and O–H groups in total. The molecule has 0 aromatic carbocycles. The quantitative estimate of drug-likeness (QED) is 0.861. The van der Waals surface area contributed by atoms with Crippen LogP contribution in [0.15, 0.2) is 18.5 Å². The SMILES string of the molecule is Cc1cc(C)n(CC(=O)N2CCC[C@@H]2c2cnn(C)c2)n1. The van der Waals surface area contributed by atoms with E-state index in [0.717, 1.165) is 36.3 Å². The molecule has 6 nitrogen and oxygen atoms in total. The molecular weight excluding hydrogens is 266 g/mol. The highest BCUT2D eigenvalue weighted by molar-refractivity contribution is 5.76. The monoisotopic (exact) mass is 287 g/mol. The highest BCUT2D eigenvalue weighted by Crippen LogP contribution is 2.31. The Morgan fingerprint density at radius 1 is 1.43 bits per heavy atom. The lowest BCUT2D eigenvalue weighted by molar-refractivity contribution is -0.133. The van der Waals surface area contributed by atoms with Gasteiger partial charge in [0.1, 0.15) is 6.54 Å². The molecule has 112 valence electrons. The molecule has 0 saturated carbocycles. The maximum absolute atomic E-state index is 12.6. The highest BCUT2D eigenvalue weighted by Gasteiger charge is 2.30. The Kier molecular flexibility index (Phi) is 3.53. The van der Waals surface area contributed by atoms with Crippen LogP contribution in [0.2, 0.25) is 0 Å². The fourth-order valence-corrected chi connectivity index (χ4v) is 3.08. The van der Waals surface area contributed by atoms with Crippen molar-refractivity contribution < 1.29 is 4.79 Å². The third kappa shape index (κ3) is 2.70. The van der Waals surface area contributed by atoms with Crippen molar-refractivity contribution in [1.82, 2.24) is 24.5 Å². The first-order valence-electron chi connectivity index (χ1n) is 7.33. The van der Waals surface area contributed by atoms with Gasteiger partial charge in [-0.15, -0.1) is 0 Å². The summed E-state index contributed by atoms with van der Waals surface area (Å²) in [5, 5.41) is 8.59. The Labute approximate surface area is 124 Å². The Morgan fingerprint density at radius 2 is 2.24 bits per heavy atom. The van der Waals surface area contributed by atoms with Gasteiger partial charge in [-0.25, -0.2) is 0 Å². The molecule has 1 aliphatic rings. The van der Waals surface area contributed by atoms with Crippen LogP contribution in [0.4, 0.5) is 0 Å². The molecule has 0 unspecified atom stereocenters. The minimum absolute atomic E-state index is 0.132. The predicted molar refractivity (Wildman–Crippen MR) is 78.6 cm³/mol. The molecule has 1 aliphatic heterocycles. The topological polar surface area (TPSA) is 56.0 Å². The second-order valence-corrected chi connectivity index (χ2v) is 5.78. The molecule has 1 amide bonds. The first-order chi connectivity index (χ1) is 10.0. The Hall–Kier alpha value is -2.11. The second-order valence-electron chi connectivity index (χ2n) is 5.78. The van der Waals surface area contributed by atoms with E-state index in [2.05, 4.69) is 10.2 Å². The zero-order valence-corrected chi connectivity index (χ0v) is 12.8. The zero-order valence-electron chi connectivity index (χ0n) is 12.8. The fraction of sp³-hybridized carbons (Fsp3) is 0.533. The largest absolute Gasteiger partial charge is 0.334 e. The second kappa shape index (κ2) is 5.35. The lowest BCUT2D eigenvalue weighted by Crippen LogP contribution is -2.33. The summed E-state index contributed by atoms with van der Waals surface area (Å²) in [6, 6.07) is 2.15. The molecule has 1 fully saturated rings. The highest BCUT2D eigenvalue weighted by atomic mass is 16.2. The fourth-order valence-electron chi connectivity index (χ4n) is 3.08. The Morgan fingerprint density at radius 3 is 2.86 bits per heavy atom. The molecule has 1 atom stereocenters. The van der Waals surface area contributed by atoms with Crippen LogP contribution in [0.1, 0.15) is 35.8 Å². The van der Waals surface area contributed by atoms with Gasteiger partial charge in [0, 0.05) is 31.0 Å². The maximum Gasteiger partial charge on any atom is 0.244 e. The van der Waals surface area contributed by atoms with Crippen molar-refractivity contribution in [3.63, 3.8) is 0 Å². The van der Waals surface area contributed by atoms with Crippen LogP contribution in [-0.2, 0) is 18.4 Å². The molecule has 0 aliphatic carbocycles. The summed E-state index contributed by atoms with van der Waals surface area (Å²) in [6.45, 7) is 5.06. The van der Waals surface area contributed by atoms with Gasteiger partial charge in [0.05, 0.1) is 17.9 Å². The number of amides is 1. The molecule has 2 aromatic rings. The minimum atomic E-state index is 0.132. The molecule has 6 heteroatoms. The van der Waals surface area contributed by atoms with Crippen molar-refractivity contribution in [1.29, 1.82) is 0 Å². The molecule has 21 heavy (non-hydrogen) atoms. The molecule has 1 saturated heterocycles. The van der Waals surface area contributed by atoms with Crippen molar-refractivity contribution in [3.05, 3.63) is 35.4 Å². The summed E-state index contributed by atoms with van der Waals surface area (Å²) < 4.78 is 3.58. The lowest BCUT2D eigenvalue weighted by Gasteiger charge is -2.24. The van der Waals surface area contributed by atoms with E-state index in [-0.39, 0.29) is 11.9 Å². The summed E-state index contributed by atoms with van der Waals surface area (Å²) in [5.74, 6) is 0.132. The van der Waals surface area contributed by atoms with Crippen molar-refractivity contribution >= 4 is 5.91 Å². The third-order valence-corrected chi connectivity index (χ3v) is 4.07. The number of aryl methyl sites for hydroxylation is 3. The molecule has 3 heterocycles. The molecule has 0 radical (unpaired) electrons. The van der Waals surface area contributed by atoms with Crippen LogP contribution in [-0.4, -0.2) is 36.9 Å². The van der Waals surface area contributed by atoms with E-state index in [0.29, 0.717) is 6.54 Å². The average Bonchev–Trinajstić information content (AvgIpc) is 3.10. The Balaban J connectivity index is 1.75. The van der Waals surface area contributed by atoms with Crippen LogP contribution < -0.4 is 0 Å².